The van der Waals surface area contributed by atoms with Crippen LogP contribution < -0.4 is 37.6 Å². The lowest BCUT2D eigenvalue weighted by molar-refractivity contribution is 0.100. The number of hydrogen-bond donors (Lipinski definition) is 10. The van der Waals surface area contributed by atoms with E-state index in [1.807, 2.05) is 4.90 Å². The lowest BCUT2D eigenvalue weighted by Gasteiger charge is -2.19. The number of nitrogens with two attached hydrogens (primary N) is 1. The van der Waals surface area contributed by atoms with E-state index in [2.05, 4.69) is 46.9 Å². The zero-order valence-corrected chi connectivity index (χ0v) is 51.4. The van der Waals surface area contributed by atoms with Crippen LogP contribution in [0.5, 0.6) is 0 Å². The van der Waals surface area contributed by atoms with Crippen LogP contribution in [0.4, 0.5) is 47.7 Å². The van der Waals surface area contributed by atoms with Crippen molar-refractivity contribution in [2.45, 2.75) is 12.8 Å². The van der Waals surface area contributed by atoms with Crippen LogP contribution in [0.15, 0.2) is 182 Å². The van der Waals surface area contributed by atoms with Crippen molar-refractivity contribution >= 4 is 122 Å². The smallest absolute Gasteiger partial charge is 0.258 e. The highest BCUT2D eigenvalue weighted by Gasteiger charge is 2.23. The second kappa shape index (κ2) is 31.4. The summed E-state index contributed by atoms with van der Waals surface area (Å²) in [5.74, 6) is -5.07. The monoisotopic (exact) mass is 1320 g/mol. The maximum absolute atomic E-state index is 14.8. The van der Waals surface area contributed by atoms with E-state index in [1.54, 1.807) is 93.0 Å². The molecule has 0 aliphatic carbocycles. The molecule has 1 aliphatic heterocycles. The molecule has 472 valence electrons. The number of nitrogens with one attached hydrogen (secondary N) is 9. The number of para-hydroxylation sites is 3. The van der Waals surface area contributed by atoms with E-state index in [1.165, 1.54) is 96.3 Å². The van der Waals surface area contributed by atoms with E-state index >= 15 is 0 Å². The largest absolute Gasteiger partial charge is 0.384 e. The minimum absolute atomic E-state index is 0.115. The van der Waals surface area contributed by atoms with E-state index in [9.17, 15) is 41.9 Å². The Morgan fingerprint density at radius 2 is 0.742 bits per heavy atom. The molecule has 1 aliphatic rings. The van der Waals surface area contributed by atoms with Crippen molar-refractivity contribution in [3.8, 4) is 0 Å². The van der Waals surface area contributed by atoms with Gasteiger partial charge in [0.1, 0.15) is 52.4 Å². The SMILES string of the molecule is CN(C)C(=N)c1ccc(C(=O)Nc2ccccc2C(=O)Nc2ccc(Cl)cn2)c(F)c1.N=C(N)c1ccc(C(=O)Nc2ccccc2C(=O)Nc2ccc(Cl)cn2)c(F)c1.N=C(c1ccc(C(=O)Nc2ccccc2C(=O)Nc2ccc(Cl)cn2)c(F)c1)N1CCCC1. The zero-order chi connectivity index (χ0) is 66.9. The van der Waals surface area contributed by atoms with Gasteiger partial charge in [-0.3, -0.25) is 45.0 Å². The topological polar surface area (TPSA) is 317 Å². The van der Waals surface area contributed by atoms with Gasteiger partial charge in [0, 0.05) is 62.5 Å². The maximum atomic E-state index is 14.8. The standard InChI is InChI=1S/C24H21ClFN5O2.C22H19ClFN5O2.C20H15ClFN5O2/c25-16-8-10-21(28-14-16)30-24(33)18-5-1-2-6-20(18)29-23(32)17-9-7-15(13-19(17)26)22(27)31-11-3-4-12-31;1-29(2)20(25)13-7-9-15(17(24)11-13)21(30)27-18-6-4-3-5-16(18)22(31)28-19-10-8-14(23)12-26-19;21-12-6-8-17(25-10-12)27-20(29)14-3-1-2-4-16(14)26-19(28)13-7-5-11(18(23)24)9-15(13)22/h1-2,5-10,13-14,27H,3-4,11-12H2,(H,29,32)(H,28,30,33);3-12,25H,1-2H3,(H,27,30)(H,26,28,31);1-10H,(H3,23,24)(H,26,28)(H,25,27,29). The van der Waals surface area contributed by atoms with Crippen LogP contribution >= 0.6 is 34.8 Å². The molecule has 0 unspecified atom stereocenters. The fourth-order valence-corrected chi connectivity index (χ4v) is 9.12. The predicted molar refractivity (Wildman–Crippen MR) is 353 cm³/mol. The minimum Gasteiger partial charge on any atom is -0.384 e. The molecule has 6 amide bonds. The first-order chi connectivity index (χ1) is 44.5. The summed E-state index contributed by atoms with van der Waals surface area (Å²) in [5.41, 5.74) is 6.77. The van der Waals surface area contributed by atoms with Crippen molar-refractivity contribution in [1.82, 2.24) is 24.8 Å². The van der Waals surface area contributed by atoms with Gasteiger partial charge in [-0.15, -0.1) is 0 Å². The molecule has 11 N–H and O–H groups in total. The molecule has 27 heteroatoms. The van der Waals surface area contributed by atoms with Gasteiger partial charge in [0.25, 0.3) is 35.4 Å². The highest BCUT2D eigenvalue weighted by Crippen LogP contribution is 2.25. The number of amidine groups is 3. The third kappa shape index (κ3) is 18.2. The molecule has 6 aromatic carbocycles. The number of anilines is 6. The van der Waals surface area contributed by atoms with E-state index < -0.39 is 52.9 Å². The molecule has 93 heavy (non-hydrogen) atoms. The Morgan fingerprint density at radius 1 is 0.430 bits per heavy atom. The minimum atomic E-state index is -0.831. The van der Waals surface area contributed by atoms with Crippen molar-refractivity contribution in [3.05, 3.63) is 265 Å². The summed E-state index contributed by atoms with van der Waals surface area (Å²) in [5, 5.41) is 40.3. The van der Waals surface area contributed by atoms with Crippen LogP contribution in [-0.2, 0) is 0 Å². The highest BCUT2D eigenvalue weighted by molar-refractivity contribution is 6.31. The fourth-order valence-electron chi connectivity index (χ4n) is 8.78. The number of halogens is 6. The van der Waals surface area contributed by atoms with Crippen LogP contribution in [0.2, 0.25) is 15.1 Å². The molecular weight excluding hydrogens is 1260 g/mol. The number of likely N-dealkylation sites (tertiary alicyclic amines) is 1. The van der Waals surface area contributed by atoms with E-state index in [0.29, 0.717) is 37.8 Å². The number of hydrogen-bond acceptors (Lipinski definition) is 12. The lowest BCUT2D eigenvalue weighted by atomic mass is 10.1. The van der Waals surface area contributed by atoms with Gasteiger partial charge >= 0.3 is 0 Å². The number of rotatable bonds is 15. The Balaban J connectivity index is 0.000000180. The molecule has 0 atom stereocenters. The summed E-state index contributed by atoms with van der Waals surface area (Å²) in [7, 11) is 3.34. The Bertz CT molecular complexity index is 4330. The Kier molecular flexibility index (Phi) is 22.8. The molecule has 4 heterocycles. The average molecular weight is 1320 g/mol. The lowest BCUT2D eigenvalue weighted by Crippen LogP contribution is -2.28. The Morgan fingerprint density at radius 3 is 1.06 bits per heavy atom. The number of amides is 6. The van der Waals surface area contributed by atoms with Crippen LogP contribution in [-0.4, -0.2) is 105 Å². The van der Waals surface area contributed by atoms with Crippen molar-refractivity contribution in [1.29, 1.82) is 16.2 Å². The molecule has 3 aromatic heterocycles. The molecule has 1 fully saturated rings. The molecule has 0 bridgehead atoms. The number of pyridine rings is 3. The van der Waals surface area contributed by atoms with E-state index in [4.69, 9.17) is 56.8 Å². The Hall–Kier alpha value is -11.3. The van der Waals surface area contributed by atoms with Gasteiger partial charge in [-0.1, -0.05) is 89.4 Å². The van der Waals surface area contributed by atoms with Gasteiger partial charge in [-0.05, 0) is 122 Å². The van der Waals surface area contributed by atoms with Crippen molar-refractivity contribution in [2.24, 2.45) is 5.73 Å². The molecule has 0 saturated carbocycles. The number of aromatic nitrogens is 3. The number of benzene rings is 6. The van der Waals surface area contributed by atoms with Gasteiger partial charge in [0.2, 0.25) is 0 Å². The summed E-state index contributed by atoms with van der Waals surface area (Å²) >= 11 is 17.4. The quantitative estimate of drug-likeness (QED) is 0.0338. The molecule has 0 spiro atoms. The molecule has 1 saturated heterocycles. The summed E-state index contributed by atoms with van der Waals surface area (Å²) in [4.78, 5) is 91.3. The number of nitrogen functional groups attached to an aromatic ring is 1. The first-order valence-corrected chi connectivity index (χ1v) is 29.0. The number of carbonyl (C=O) groups is 6. The molecular formula is C66H55Cl3F3N15O6. The second-order valence-corrected chi connectivity index (χ2v) is 21.5. The predicted octanol–water partition coefficient (Wildman–Crippen LogP) is 12.7. The van der Waals surface area contributed by atoms with Crippen molar-refractivity contribution < 1.29 is 41.9 Å². The van der Waals surface area contributed by atoms with Gasteiger partial charge in [-0.2, -0.15) is 0 Å². The summed E-state index contributed by atoms with van der Waals surface area (Å²) < 4.78 is 43.5. The second-order valence-electron chi connectivity index (χ2n) is 20.2. The van der Waals surface area contributed by atoms with Gasteiger partial charge in [0.05, 0.1) is 65.5 Å². The highest BCUT2D eigenvalue weighted by atomic mass is 35.5. The van der Waals surface area contributed by atoms with Gasteiger partial charge < -0.3 is 47.4 Å². The van der Waals surface area contributed by atoms with Crippen molar-refractivity contribution in [3.63, 3.8) is 0 Å². The van der Waals surface area contributed by atoms with Gasteiger partial charge in [0.15, 0.2) is 0 Å². The third-order valence-corrected chi connectivity index (χ3v) is 14.2. The maximum Gasteiger partial charge on any atom is 0.258 e. The molecule has 0 radical (unpaired) electrons. The zero-order valence-electron chi connectivity index (χ0n) is 49.2. The van der Waals surface area contributed by atoms with E-state index in [-0.39, 0.29) is 79.3 Å². The number of carbonyl (C=O) groups excluding carboxylic acids is 6. The first kappa shape index (κ1) is 67.6. The van der Waals surface area contributed by atoms with Crippen LogP contribution in [0.3, 0.4) is 0 Å². The van der Waals surface area contributed by atoms with E-state index in [0.717, 1.165) is 38.1 Å². The van der Waals surface area contributed by atoms with Gasteiger partial charge in [-0.25, -0.2) is 28.1 Å². The average Bonchev–Trinajstić information content (AvgIpc) is 1.51. The molecule has 21 nitrogen and oxygen atoms in total. The van der Waals surface area contributed by atoms with Crippen LogP contribution in [0.25, 0.3) is 0 Å². The first-order valence-electron chi connectivity index (χ1n) is 27.9. The molecule has 9 aromatic rings. The summed E-state index contributed by atoms with van der Waals surface area (Å²) in [6.45, 7) is 1.54. The summed E-state index contributed by atoms with van der Waals surface area (Å²) in [6.07, 6.45) is 6.20. The van der Waals surface area contributed by atoms with Crippen LogP contribution in [0, 0.1) is 33.7 Å². The normalized spacial score (nSPS) is 11.2. The fraction of sp³-hybridized carbons (Fsp3) is 0.0909. The van der Waals surface area contributed by atoms with Crippen molar-refractivity contribution in [2.75, 3.05) is 59.1 Å². The third-order valence-electron chi connectivity index (χ3n) is 13.5. The number of nitrogens with zero attached hydrogens (tertiary/aromatic N) is 5. The Labute approximate surface area is 545 Å². The van der Waals surface area contributed by atoms with Crippen LogP contribution in [0.1, 0.15) is 91.7 Å². The summed E-state index contributed by atoms with van der Waals surface area (Å²) in [6, 6.07) is 40.0. The molecule has 10 rings (SSSR count).